The highest BCUT2D eigenvalue weighted by Crippen LogP contribution is 2.37. The van der Waals surface area contributed by atoms with Crippen molar-refractivity contribution in [2.45, 2.75) is 172 Å². The van der Waals surface area contributed by atoms with E-state index in [9.17, 15) is 34.5 Å². The molecule has 3 aliphatic rings. The van der Waals surface area contributed by atoms with Gasteiger partial charge in [0.15, 0.2) is 18.7 Å². The van der Waals surface area contributed by atoms with Gasteiger partial charge in [0.05, 0.1) is 36.9 Å². The standard InChI is InChI=1S/C40H65NO15/c1-11-30(45)54-38-25(5)51-32(21-40(38,7)48)55-35-24(4)52-39(34(47)33(35)41(8)9)56-36-27(17-18-42)19-22(2)28(44)16-14-12-13-15-23(3)50-31(46)20-29(37(36)49-10)53-26(6)43/h12-14,16,18,22-25,27-29,32-39,44,47-48H,11,15,17,19-21H2,1-10H3/b13-12+,16-14+/t22-,23-,24+,25+,27-,28+,29-,32-,33+,34+,35+,36+,37-,38-,39+,40+/m0/s1. The zero-order valence-corrected chi connectivity index (χ0v) is 34.5. The fourth-order valence-corrected chi connectivity index (χ4v) is 7.78. The Kier molecular flexibility index (Phi) is 18.5. The van der Waals surface area contributed by atoms with E-state index in [0.29, 0.717) is 12.7 Å². The van der Waals surface area contributed by atoms with Gasteiger partial charge in [0, 0.05) is 39.7 Å². The molecular weight excluding hydrogens is 734 g/mol. The molecule has 3 rings (SSSR count). The van der Waals surface area contributed by atoms with Crippen molar-refractivity contribution in [2.75, 3.05) is 21.2 Å². The number of esters is 3. The summed E-state index contributed by atoms with van der Waals surface area (Å²) in [6, 6.07) is -0.778. The van der Waals surface area contributed by atoms with Crippen molar-refractivity contribution in [3.63, 3.8) is 0 Å². The molecule has 0 aliphatic carbocycles. The molecule has 0 spiro atoms. The van der Waals surface area contributed by atoms with E-state index in [2.05, 4.69) is 0 Å². The van der Waals surface area contributed by atoms with Crippen LogP contribution in [0.3, 0.4) is 0 Å². The number of carbonyl (C=O) groups excluding carboxylic acids is 4. The van der Waals surface area contributed by atoms with Crippen LogP contribution >= 0.6 is 0 Å². The number of hydrogen-bond donors (Lipinski definition) is 3. The average Bonchev–Trinajstić information content (AvgIpc) is 3.09. The predicted molar refractivity (Wildman–Crippen MR) is 201 cm³/mol. The van der Waals surface area contributed by atoms with Crippen molar-refractivity contribution in [1.29, 1.82) is 0 Å². The van der Waals surface area contributed by atoms with Gasteiger partial charge in [0.25, 0.3) is 0 Å². The van der Waals surface area contributed by atoms with Gasteiger partial charge in [-0.15, -0.1) is 0 Å². The summed E-state index contributed by atoms with van der Waals surface area (Å²) < 4.78 is 48.2. The Morgan fingerprint density at radius 3 is 2.30 bits per heavy atom. The van der Waals surface area contributed by atoms with Crippen molar-refractivity contribution in [3.8, 4) is 0 Å². The highest BCUT2D eigenvalue weighted by molar-refractivity contribution is 5.72. The lowest BCUT2D eigenvalue weighted by molar-refractivity contribution is -0.344. The van der Waals surface area contributed by atoms with Gasteiger partial charge in [0.1, 0.15) is 42.4 Å². The minimum absolute atomic E-state index is 0.0440. The van der Waals surface area contributed by atoms with E-state index < -0.39 is 121 Å². The van der Waals surface area contributed by atoms with Crippen LogP contribution in [0.1, 0.15) is 87.0 Å². The Labute approximate surface area is 330 Å². The fourth-order valence-electron chi connectivity index (χ4n) is 7.78. The summed E-state index contributed by atoms with van der Waals surface area (Å²) in [5, 5.41) is 34.4. The lowest BCUT2D eigenvalue weighted by Crippen LogP contribution is -2.66. The minimum atomic E-state index is -1.49. The molecule has 3 aliphatic heterocycles. The van der Waals surface area contributed by atoms with Crippen LogP contribution in [0.5, 0.6) is 0 Å². The highest BCUT2D eigenvalue weighted by atomic mass is 16.7. The summed E-state index contributed by atoms with van der Waals surface area (Å²) in [6.45, 7) is 11.3. The number of aliphatic hydroxyl groups excluding tert-OH is 2. The van der Waals surface area contributed by atoms with E-state index in [4.69, 9.17) is 37.9 Å². The van der Waals surface area contributed by atoms with Gasteiger partial charge in [0.2, 0.25) is 0 Å². The highest BCUT2D eigenvalue weighted by Gasteiger charge is 2.53. The third-order valence-corrected chi connectivity index (χ3v) is 10.6. The summed E-state index contributed by atoms with van der Waals surface area (Å²) >= 11 is 0. The van der Waals surface area contributed by atoms with E-state index in [1.807, 2.05) is 6.92 Å². The number of allylic oxidation sites excluding steroid dienone is 2. The molecule has 0 amide bonds. The molecule has 0 saturated carbocycles. The first-order valence-electron chi connectivity index (χ1n) is 19.6. The Bertz CT molecular complexity index is 1340. The molecule has 16 atom stereocenters. The number of aldehydes is 1. The molecule has 56 heavy (non-hydrogen) atoms. The van der Waals surface area contributed by atoms with Crippen molar-refractivity contribution in [1.82, 2.24) is 4.90 Å². The van der Waals surface area contributed by atoms with Crippen LogP contribution in [0, 0.1) is 11.8 Å². The number of nitrogens with zero attached hydrogens (tertiary/aromatic N) is 1. The first-order chi connectivity index (χ1) is 26.3. The maximum Gasteiger partial charge on any atom is 0.309 e. The summed E-state index contributed by atoms with van der Waals surface area (Å²) in [5.74, 6) is -2.92. The topological polar surface area (TPSA) is 206 Å². The monoisotopic (exact) mass is 799 g/mol. The largest absolute Gasteiger partial charge is 0.462 e. The third-order valence-electron chi connectivity index (χ3n) is 10.6. The van der Waals surface area contributed by atoms with E-state index in [1.54, 1.807) is 77.9 Å². The van der Waals surface area contributed by atoms with Crippen LogP contribution in [0.15, 0.2) is 24.3 Å². The molecule has 0 bridgehead atoms. The second-order valence-corrected chi connectivity index (χ2v) is 15.7. The molecule has 3 N–H and O–H groups in total. The van der Waals surface area contributed by atoms with Crippen molar-refractivity contribution in [3.05, 3.63) is 24.3 Å². The first-order valence-corrected chi connectivity index (χ1v) is 19.6. The van der Waals surface area contributed by atoms with Crippen molar-refractivity contribution in [2.24, 2.45) is 11.8 Å². The normalized spacial score (nSPS) is 41.6. The van der Waals surface area contributed by atoms with Crippen LogP contribution in [0.25, 0.3) is 0 Å². The Morgan fingerprint density at radius 2 is 1.71 bits per heavy atom. The molecule has 0 radical (unpaired) electrons. The van der Waals surface area contributed by atoms with Crippen LogP contribution < -0.4 is 0 Å². The molecule has 320 valence electrons. The number of hydrogen-bond acceptors (Lipinski definition) is 16. The van der Waals surface area contributed by atoms with E-state index in [-0.39, 0.29) is 25.7 Å². The molecule has 0 aromatic carbocycles. The molecule has 0 aromatic heterocycles. The molecule has 2 fully saturated rings. The maximum absolute atomic E-state index is 13.2. The predicted octanol–water partition coefficient (Wildman–Crippen LogP) is 2.38. The fraction of sp³-hybridized carbons (Fsp3) is 0.800. The summed E-state index contributed by atoms with van der Waals surface area (Å²) in [4.78, 5) is 51.7. The second kappa shape index (κ2) is 21.8. The van der Waals surface area contributed by atoms with Gasteiger partial charge in [-0.1, -0.05) is 38.2 Å². The van der Waals surface area contributed by atoms with Gasteiger partial charge < -0.3 is 62.9 Å². The van der Waals surface area contributed by atoms with Crippen LogP contribution in [0.2, 0.25) is 0 Å². The molecule has 3 heterocycles. The smallest absolute Gasteiger partial charge is 0.309 e. The van der Waals surface area contributed by atoms with E-state index in [0.717, 1.165) is 0 Å². The summed E-state index contributed by atoms with van der Waals surface area (Å²) in [6.07, 6.45) is -4.12. The number of methoxy groups -OCH3 is 1. The lowest BCUT2D eigenvalue weighted by atomic mass is 9.82. The molecule has 2 saturated heterocycles. The Morgan fingerprint density at radius 1 is 1.02 bits per heavy atom. The van der Waals surface area contributed by atoms with Gasteiger partial charge in [-0.2, -0.15) is 0 Å². The summed E-state index contributed by atoms with van der Waals surface area (Å²) in [7, 11) is 4.85. The minimum Gasteiger partial charge on any atom is -0.462 e. The number of ether oxygens (including phenoxy) is 8. The van der Waals surface area contributed by atoms with Crippen LogP contribution in [-0.2, 0) is 57.1 Å². The number of cyclic esters (lactones) is 1. The van der Waals surface area contributed by atoms with Crippen molar-refractivity contribution < 1.29 is 72.4 Å². The Balaban J connectivity index is 2.00. The van der Waals surface area contributed by atoms with Gasteiger partial charge in [-0.05, 0) is 60.0 Å². The molecule has 16 heteroatoms. The summed E-state index contributed by atoms with van der Waals surface area (Å²) in [5.41, 5.74) is -1.49. The quantitative estimate of drug-likeness (QED) is 0.156. The zero-order valence-electron chi connectivity index (χ0n) is 34.5. The van der Waals surface area contributed by atoms with Gasteiger partial charge in [-0.25, -0.2) is 0 Å². The number of carbonyl (C=O) groups is 4. The number of rotatable bonds is 11. The van der Waals surface area contributed by atoms with Crippen LogP contribution in [-0.4, -0.2) is 151 Å². The molecular formula is C40H65NO15. The van der Waals surface area contributed by atoms with Gasteiger partial charge >= 0.3 is 17.9 Å². The third kappa shape index (κ3) is 13.1. The van der Waals surface area contributed by atoms with Crippen LogP contribution in [0.4, 0.5) is 0 Å². The molecule has 0 unspecified atom stereocenters. The van der Waals surface area contributed by atoms with E-state index in [1.165, 1.54) is 14.0 Å². The average molecular weight is 800 g/mol. The van der Waals surface area contributed by atoms with Gasteiger partial charge in [-0.3, -0.25) is 14.4 Å². The zero-order chi connectivity index (χ0) is 41.9. The van der Waals surface area contributed by atoms with Crippen molar-refractivity contribution >= 4 is 24.2 Å². The molecule has 0 aromatic rings. The first kappa shape index (κ1) is 47.6. The number of likely N-dealkylation sites (N-methyl/N-ethyl adjacent to an activating group) is 1. The SMILES string of the molecule is CCC(=O)O[C@H]1[C@@H](C)O[C@@H](O[C@H]2[C@H](N(C)C)[C@@H](O)[C@@H](O[C@@H]3[C@@H](CC=O)C[C@H](C)[C@H](O)/C=C/C=C/C[C@H](C)OC(=O)C[C@H](OC(C)=O)[C@@H]3OC)O[C@@H]2C)C[C@@]1(C)O. The van der Waals surface area contributed by atoms with E-state index >= 15 is 0 Å². The number of aliphatic hydroxyl groups is 3. The lowest BCUT2D eigenvalue weighted by Gasteiger charge is -2.50. The molecule has 16 nitrogen and oxygen atoms in total. The Hall–Kier alpha value is -2.80. The second-order valence-electron chi connectivity index (χ2n) is 15.7. The maximum atomic E-state index is 13.2.